The van der Waals surface area contributed by atoms with Crippen molar-refractivity contribution in [1.29, 1.82) is 0 Å². The molecule has 0 aliphatic rings. The predicted molar refractivity (Wildman–Crippen MR) is 83.6 cm³/mol. The molecule has 3 N–H and O–H groups in total. The molecule has 0 saturated carbocycles. The Hall–Kier alpha value is -2.77. The minimum atomic E-state index is -0.671. The molecule has 8 heteroatoms. The van der Waals surface area contributed by atoms with Crippen LogP contribution in [0.4, 0.5) is 20.4 Å². The van der Waals surface area contributed by atoms with Crippen LogP contribution >= 0.6 is 0 Å². The van der Waals surface area contributed by atoms with Crippen molar-refractivity contribution in [3.05, 3.63) is 47.8 Å². The van der Waals surface area contributed by atoms with Crippen molar-refractivity contribution in [3.63, 3.8) is 0 Å². The van der Waals surface area contributed by atoms with E-state index in [1.54, 1.807) is 20.0 Å². The van der Waals surface area contributed by atoms with Gasteiger partial charge in [-0.2, -0.15) is 0 Å². The molecule has 3 aromatic rings. The molecule has 3 rings (SSSR count). The number of nitrogens with zero attached hydrogens (tertiary/aromatic N) is 3. The number of pyridine rings is 1. The molecule has 2 heterocycles. The number of nitrogen functional groups attached to an aromatic ring is 1. The molecular weight excluding hydrogens is 287 g/mol. The van der Waals surface area contributed by atoms with Crippen LogP contribution in [0.15, 0.2) is 30.6 Å². The van der Waals surface area contributed by atoms with Crippen molar-refractivity contribution >= 4 is 36.0 Å². The number of fused-ring (bicyclic) bond motifs is 1. The van der Waals surface area contributed by atoms with E-state index in [4.69, 9.17) is 5.73 Å². The maximum absolute atomic E-state index is 14.4. The van der Waals surface area contributed by atoms with Crippen molar-refractivity contribution in [2.24, 2.45) is 0 Å². The lowest BCUT2D eigenvalue weighted by Crippen LogP contribution is -2.16. The Morgan fingerprint density at radius 1 is 1.27 bits per heavy atom. The predicted octanol–water partition coefficient (Wildman–Crippen LogP) is 0.756. The van der Waals surface area contributed by atoms with Crippen molar-refractivity contribution in [3.8, 4) is 0 Å². The zero-order valence-electron chi connectivity index (χ0n) is 11.8. The Kier molecular flexibility index (Phi) is 3.58. The fourth-order valence-corrected chi connectivity index (χ4v) is 2.14. The number of anilines is 2. The van der Waals surface area contributed by atoms with E-state index in [2.05, 4.69) is 20.3 Å². The zero-order valence-corrected chi connectivity index (χ0v) is 11.8. The van der Waals surface area contributed by atoms with Crippen LogP contribution in [0, 0.1) is 11.6 Å². The summed E-state index contributed by atoms with van der Waals surface area (Å²) in [4.78, 5) is 12.0. The van der Waals surface area contributed by atoms with Crippen LogP contribution < -0.4 is 16.6 Å². The Morgan fingerprint density at radius 3 is 2.91 bits per heavy atom. The number of nitrogens with two attached hydrogens (primary N) is 1. The summed E-state index contributed by atoms with van der Waals surface area (Å²) in [5.41, 5.74) is 6.52. The second-order valence-corrected chi connectivity index (χ2v) is 4.82. The van der Waals surface area contributed by atoms with Gasteiger partial charge in [0.1, 0.15) is 11.6 Å². The number of aromatic nitrogens is 3. The van der Waals surface area contributed by atoms with Crippen molar-refractivity contribution in [2.75, 3.05) is 11.1 Å². The van der Waals surface area contributed by atoms with E-state index in [1.165, 1.54) is 18.5 Å². The number of nitrogens with one attached hydrogen (secondary N) is 1. The molecule has 0 radical (unpaired) electrons. The summed E-state index contributed by atoms with van der Waals surface area (Å²) in [7, 11) is 1.75. The van der Waals surface area contributed by atoms with Gasteiger partial charge in [0.05, 0.1) is 5.52 Å². The van der Waals surface area contributed by atoms with Crippen molar-refractivity contribution in [2.45, 2.75) is 6.54 Å². The summed E-state index contributed by atoms with van der Waals surface area (Å²) in [6, 6.07) is 4.37. The van der Waals surface area contributed by atoms with Gasteiger partial charge in [0, 0.05) is 41.5 Å². The normalized spacial score (nSPS) is 10.8. The van der Waals surface area contributed by atoms with Gasteiger partial charge >= 0.3 is 0 Å². The summed E-state index contributed by atoms with van der Waals surface area (Å²) < 4.78 is 28.5. The second kappa shape index (κ2) is 5.55. The third-order valence-electron chi connectivity index (χ3n) is 3.25. The quantitative estimate of drug-likeness (QED) is 0.698. The number of rotatable bonds is 3. The van der Waals surface area contributed by atoms with Gasteiger partial charge in [0.15, 0.2) is 19.5 Å². The monoisotopic (exact) mass is 299 g/mol. The van der Waals surface area contributed by atoms with Crippen LogP contribution in [0.5, 0.6) is 0 Å². The van der Waals surface area contributed by atoms with Crippen molar-refractivity contribution in [1.82, 2.24) is 15.0 Å². The van der Waals surface area contributed by atoms with Crippen molar-refractivity contribution < 1.29 is 8.78 Å². The minimum absolute atomic E-state index is 0.0924. The third-order valence-corrected chi connectivity index (χ3v) is 3.25. The van der Waals surface area contributed by atoms with Crippen LogP contribution in [0.3, 0.4) is 0 Å². The van der Waals surface area contributed by atoms with Gasteiger partial charge in [-0.15, -0.1) is 0 Å². The SMILES string of the molecule is Bc1cnc(N)c(NCc2c(F)cc3ncccc3c2F)n1. The Labute approximate surface area is 126 Å². The van der Waals surface area contributed by atoms with Gasteiger partial charge in [-0.05, 0) is 12.1 Å². The molecule has 5 nitrogen and oxygen atoms in total. The molecule has 0 saturated heterocycles. The van der Waals surface area contributed by atoms with E-state index in [9.17, 15) is 8.78 Å². The van der Waals surface area contributed by atoms with Gasteiger partial charge in [-0.25, -0.2) is 18.7 Å². The van der Waals surface area contributed by atoms with E-state index in [-0.39, 0.29) is 28.8 Å². The average Bonchev–Trinajstić information content (AvgIpc) is 2.50. The first-order valence-corrected chi connectivity index (χ1v) is 6.61. The highest BCUT2D eigenvalue weighted by atomic mass is 19.1. The molecule has 0 unspecified atom stereocenters. The number of benzene rings is 1. The van der Waals surface area contributed by atoms with Gasteiger partial charge in [0.2, 0.25) is 0 Å². The van der Waals surface area contributed by atoms with Gasteiger partial charge in [-0.3, -0.25) is 4.98 Å². The zero-order chi connectivity index (χ0) is 15.7. The maximum atomic E-state index is 14.4. The molecule has 0 atom stereocenters. The molecule has 0 spiro atoms. The first-order chi connectivity index (χ1) is 10.6. The first kappa shape index (κ1) is 14.2. The van der Waals surface area contributed by atoms with Gasteiger partial charge < -0.3 is 11.1 Å². The average molecular weight is 299 g/mol. The number of halogens is 2. The summed E-state index contributed by atoms with van der Waals surface area (Å²) in [6.45, 7) is -0.0924. The molecule has 0 aliphatic heterocycles. The number of hydrogen-bond acceptors (Lipinski definition) is 5. The lowest BCUT2D eigenvalue weighted by molar-refractivity contribution is 0.568. The molecule has 2 aromatic heterocycles. The van der Waals surface area contributed by atoms with E-state index < -0.39 is 11.6 Å². The molecule has 22 heavy (non-hydrogen) atoms. The van der Waals surface area contributed by atoms with E-state index in [0.29, 0.717) is 11.4 Å². The second-order valence-electron chi connectivity index (χ2n) is 4.82. The fourth-order valence-electron chi connectivity index (χ4n) is 2.14. The maximum Gasteiger partial charge on any atom is 0.168 e. The van der Waals surface area contributed by atoms with Crippen LogP contribution in [0.2, 0.25) is 0 Å². The van der Waals surface area contributed by atoms with Crippen LogP contribution in [-0.2, 0) is 6.54 Å². The van der Waals surface area contributed by atoms with E-state index >= 15 is 0 Å². The van der Waals surface area contributed by atoms with Crippen LogP contribution in [0.25, 0.3) is 10.9 Å². The highest BCUT2D eigenvalue weighted by Gasteiger charge is 2.14. The highest BCUT2D eigenvalue weighted by molar-refractivity contribution is 6.30. The lowest BCUT2D eigenvalue weighted by atomic mass is 10.1. The van der Waals surface area contributed by atoms with E-state index in [1.807, 2.05) is 0 Å². The molecule has 110 valence electrons. The third kappa shape index (κ3) is 2.55. The standard InChI is InChI=1S/C14H12BF2N5/c15-11-6-20-13(18)14(22-11)21-5-8-9(16)4-10-7(12(8)17)2-1-3-19-10/h1-4,6H,5,15H2,(H2,18,20)(H,21,22). The van der Waals surface area contributed by atoms with E-state index in [0.717, 1.165) is 0 Å². The summed E-state index contributed by atoms with van der Waals surface area (Å²) in [5.74, 6) is -0.843. The van der Waals surface area contributed by atoms with Gasteiger partial charge in [-0.1, -0.05) is 0 Å². The Bertz CT molecular complexity index is 856. The molecule has 0 fully saturated rings. The summed E-state index contributed by atoms with van der Waals surface area (Å²) >= 11 is 0. The Morgan fingerprint density at radius 2 is 2.09 bits per heavy atom. The smallest absolute Gasteiger partial charge is 0.168 e. The minimum Gasteiger partial charge on any atom is -0.381 e. The lowest BCUT2D eigenvalue weighted by Gasteiger charge is -2.11. The van der Waals surface area contributed by atoms with Gasteiger partial charge in [0.25, 0.3) is 0 Å². The molecule has 1 aromatic carbocycles. The number of hydrogen-bond donors (Lipinski definition) is 2. The molecule has 0 amide bonds. The molecule has 0 aliphatic carbocycles. The fraction of sp³-hybridized carbons (Fsp3) is 0.0714. The molecule has 0 bridgehead atoms. The molecular formula is C14H12BF2N5. The van der Waals surface area contributed by atoms with Crippen LogP contribution in [-0.4, -0.2) is 22.8 Å². The Balaban J connectivity index is 1.95. The van der Waals surface area contributed by atoms with Crippen LogP contribution in [0.1, 0.15) is 5.56 Å². The largest absolute Gasteiger partial charge is 0.381 e. The topological polar surface area (TPSA) is 76.7 Å². The summed E-state index contributed by atoms with van der Waals surface area (Å²) in [6.07, 6.45) is 3.01. The first-order valence-electron chi connectivity index (χ1n) is 6.61. The highest BCUT2D eigenvalue weighted by Crippen LogP contribution is 2.23. The summed E-state index contributed by atoms with van der Waals surface area (Å²) in [5, 5.41) is 3.08.